The van der Waals surface area contributed by atoms with Crippen LogP contribution in [0.2, 0.25) is 0 Å². The van der Waals surface area contributed by atoms with Crippen molar-refractivity contribution >= 4 is 11.9 Å². The van der Waals surface area contributed by atoms with E-state index >= 15 is 0 Å². The smallest absolute Gasteiger partial charge is 0.322 e. The Bertz CT molecular complexity index is 484. The van der Waals surface area contributed by atoms with Gasteiger partial charge < -0.3 is 5.32 Å². The summed E-state index contributed by atoms with van der Waals surface area (Å²) in [6.07, 6.45) is 0.858. The van der Waals surface area contributed by atoms with Gasteiger partial charge in [-0.2, -0.15) is 0 Å². The summed E-state index contributed by atoms with van der Waals surface area (Å²) in [4.78, 5) is 25.4. The molecule has 1 aliphatic rings. The molecule has 0 spiro atoms. The van der Waals surface area contributed by atoms with Crippen LogP contribution >= 0.6 is 0 Å². The lowest BCUT2D eigenvalue weighted by Gasteiger charge is -2.35. The largest absolute Gasteiger partial charge is 0.325 e. The van der Waals surface area contributed by atoms with Crippen molar-refractivity contribution in [2.75, 3.05) is 0 Å². The Hall–Kier alpha value is -1.88. The number of imide groups is 1. The summed E-state index contributed by atoms with van der Waals surface area (Å²) in [5.41, 5.74) is 1.16. The van der Waals surface area contributed by atoms with Gasteiger partial charge in [0, 0.05) is 12.1 Å². The first-order valence-corrected chi connectivity index (χ1v) is 7.46. The molecule has 1 aromatic rings. The summed E-state index contributed by atoms with van der Waals surface area (Å²) in [5, 5.41) is 6.23. The van der Waals surface area contributed by atoms with Crippen LogP contribution in [-0.4, -0.2) is 29.0 Å². The van der Waals surface area contributed by atoms with Crippen LogP contribution in [0.15, 0.2) is 30.3 Å². The molecular weight excluding hydrogens is 266 g/mol. The van der Waals surface area contributed by atoms with Crippen molar-refractivity contribution < 1.29 is 9.59 Å². The van der Waals surface area contributed by atoms with Crippen molar-refractivity contribution in [1.82, 2.24) is 15.5 Å². The minimum atomic E-state index is -0.318. The van der Waals surface area contributed by atoms with Crippen LogP contribution in [0, 0.1) is 0 Å². The number of carbonyl (C=O) groups excluding carboxylic acids is 2. The van der Waals surface area contributed by atoms with Crippen LogP contribution in [0.1, 0.15) is 45.2 Å². The first kappa shape index (κ1) is 15.5. The SMILES string of the molecule is CC[C@H](NC1CC(=O)N(C(C)C)C(=O)N1)c1ccccc1. The molecule has 0 bridgehead atoms. The van der Waals surface area contributed by atoms with E-state index in [0.29, 0.717) is 0 Å². The molecule has 1 saturated heterocycles. The van der Waals surface area contributed by atoms with Gasteiger partial charge in [-0.1, -0.05) is 37.3 Å². The Labute approximate surface area is 125 Å². The van der Waals surface area contributed by atoms with E-state index in [1.807, 2.05) is 44.2 Å². The van der Waals surface area contributed by atoms with Gasteiger partial charge >= 0.3 is 6.03 Å². The standard InChI is InChI=1S/C16H23N3O2/c1-4-13(12-8-6-5-7-9-12)17-14-10-15(20)19(11(2)3)16(21)18-14/h5-9,11,13-14,17H,4,10H2,1-3H3,(H,18,21)/t13-,14?/m0/s1. The van der Waals surface area contributed by atoms with Crippen LogP contribution in [0.3, 0.4) is 0 Å². The molecule has 1 aliphatic heterocycles. The van der Waals surface area contributed by atoms with Crippen LogP contribution in [0.4, 0.5) is 4.79 Å². The lowest BCUT2D eigenvalue weighted by Crippen LogP contribution is -2.61. The van der Waals surface area contributed by atoms with Gasteiger partial charge in [0.2, 0.25) is 5.91 Å². The second kappa shape index (κ2) is 6.72. The molecule has 0 saturated carbocycles. The molecular formula is C16H23N3O2. The van der Waals surface area contributed by atoms with Gasteiger partial charge in [0.25, 0.3) is 0 Å². The lowest BCUT2D eigenvalue weighted by atomic mass is 10.0. The number of hydrogen-bond donors (Lipinski definition) is 2. The van der Waals surface area contributed by atoms with E-state index in [1.165, 1.54) is 4.90 Å². The zero-order chi connectivity index (χ0) is 15.4. The van der Waals surface area contributed by atoms with Gasteiger partial charge in [-0.05, 0) is 25.8 Å². The monoisotopic (exact) mass is 289 g/mol. The molecule has 2 N–H and O–H groups in total. The predicted octanol–water partition coefficient (Wildman–Crippen LogP) is 2.40. The Morgan fingerprint density at radius 2 is 1.95 bits per heavy atom. The van der Waals surface area contributed by atoms with Crippen molar-refractivity contribution in [1.29, 1.82) is 0 Å². The average Bonchev–Trinajstić information content (AvgIpc) is 2.44. The van der Waals surface area contributed by atoms with Crippen molar-refractivity contribution in [2.24, 2.45) is 0 Å². The molecule has 1 unspecified atom stereocenters. The number of rotatable bonds is 5. The minimum Gasteiger partial charge on any atom is -0.322 e. The van der Waals surface area contributed by atoms with E-state index in [0.717, 1.165) is 12.0 Å². The molecule has 114 valence electrons. The van der Waals surface area contributed by atoms with Crippen LogP contribution < -0.4 is 10.6 Å². The number of amides is 3. The van der Waals surface area contributed by atoms with Crippen molar-refractivity contribution in [2.45, 2.75) is 51.9 Å². The fraction of sp³-hybridized carbons (Fsp3) is 0.500. The van der Waals surface area contributed by atoms with Crippen molar-refractivity contribution in [3.63, 3.8) is 0 Å². The maximum atomic E-state index is 12.1. The van der Waals surface area contributed by atoms with Crippen molar-refractivity contribution in [3.8, 4) is 0 Å². The number of nitrogens with zero attached hydrogens (tertiary/aromatic N) is 1. The Kier molecular flexibility index (Phi) is 4.96. The van der Waals surface area contributed by atoms with E-state index in [2.05, 4.69) is 17.6 Å². The van der Waals surface area contributed by atoms with Crippen molar-refractivity contribution in [3.05, 3.63) is 35.9 Å². The highest BCUT2D eigenvalue weighted by molar-refractivity contribution is 5.97. The zero-order valence-electron chi connectivity index (χ0n) is 12.8. The minimum absolute atomic E-state index is 0.116. The maximum absolute atomic E-state index is 12.1. The number of nitrogens with one attached hydrogen (secondary N) is 2. The van der Waals surface area contributed by atoms with Gasteiger partial charge in [0.1, 0.15) is 0 Å². The molecule has 0 aromatic heterocycles. The van der Waals surface area contributed by atoms with E-state index in [4.69, 9.17) is 0 Å². The Morgan fingerprint density at radius 3 is 2.48 bits per heavy atom. The fourth-order valence-electron chi connectivity index (χ4n) is 2.66. The first-order chi connectivity index (χ1) is 10.0. The predicted molar refractivity (Wildman–Crippen MR) is 81.5 cm³/mol. The van der Waals surface area contributed by atoms with Gasteiger partial charge in [0.15, 0.2) is 0 Å². The number of urea groups is 1. The summed E-state index contributed by atoms with van der Waals surface area (Å²) >= 11 is 0. The van der Waals surface area contributed by atoms with E-state index < -0.39 is 0 Å². The highest BCUT2D eigenvalue weighted by atomic mass is 16.2. The van der Waals surface area contributed by atoms with E-state index in [9.17, 15) is 9.59 Å². The zero-order valence-corrected chi connectivity index (χ0v) is 12.8. The van der Waals surface area contributed by atoms with Gasteiger partial charge in [-0.3, -0.25) is 15.0 Å². The number of benzene rings is 1. The van der Waals surface area contributed by atoms with Gasteiger partial charge in [-0.15, -0.1) is 0 Å². The topological polar surface area (TPSA) is 61.4 Å². The molecule has 0 radical (unpaired) electrons. The maximum Gasteiger partial charge on any atom is 0.325 e. The summed E-state index contributed by atoms with van der Waals surface area (Å²) < 4.78 is 0. The molecule has 5 nitrogen and oxygen atoms in total. The highest BCUT2D eigenvalue weighted by Gasteiger charge is 2.34. The highest BCUT2D eigenvalue weighted by Crippen LogP contribution is 2.18. The van der Waals surface area contributed by atoms with Crippen LogP contribution in [-0.2, 0) is 4.79 Å². The quantitative estimate of drug-likeness (QED) is 0.875. The normalized spacial score (nSPS) is 20.6. The number of carbonyl (C=O) groups is 2. The van der Waals surface area contributed by atoms with Crippen LogP contribution in [0.5, 0.6) is 0 Å². The third kappa shape index (κ3) is 3.61. The molecule has 2 atom stereocenters. The average molecular weight is 289 g/mol. The fourth-order valence-corrected chi connectivity index (χ4v) is 2.66. The second-order valence-corrected chi connectivity index (χ2v) is 5.60. The third-order valence-corrected chi connectivity index (χ3v) is 3.69. The first-order valence-electron chi connectivity index (χ1n) is 7.46. The molecule has 3 amide bonds. The third-order valence-electron chi connectivity index (χ3n) is 3.69. The molecule has 1 fully saturated rings. The molecule has 1 aromatic carbocycles. The van der Waals surface area contributed by atoms with Crippen LogP contribution in [0.25, 0.3) is 0 Å². The summed E-state index contributed by atoms with van der Waals surface area (Å²) in [6.45, 7) is 5.76. The Morgan fingerprint density at radius 1 is 1.29 bits per heavy atom. The Balaban J connectivity index is 2.04. The summed E-state index contributed by atoms with van der Waals surface area (Å²) in [6, 6.07) is 9.74. The molecule has 1 heterocycles. The lowest BCUT2D eigenvalue weighted by molar-refractivity contribution is -0.131. The molecule has 5 heteroatoms. The molecule has 21 heavy (non-hydrogen) atoms. The summed E-state index contributed by atoms with van der Waals surface area (Å²) in [7, 11) is 0. The summed E-state index contributed by atoms with van der Waals surface area (Å²) in [5.74, 6) is -0.130. The van der Waals surface area contributed by atoms with E-state index in [-0.39, 0.29) is 36.6 Å². The number of hydrogen-bond acceptors (Lipinski definition) is 3. The van der Waals surface area contributed by atoms with Gasteiger partial charge in [0.05, 0.1) is 12.6 Å². The molecule has 0 aliphatic carbocycles. The van der Waals surface area contributed by atoms with Gasteiger partial charge in [-0.25, -0.2) is 4.79 Å². The second-order valence-electron chi connectivity index (χ2n) is 5.60. The van der Waals surface area contributed by atoms with E-state index in [1.54, 1.807) is 0 Å². The molecule has 2 rings (SSSR count).